The molecule has 7 nitrogen and oxygen atoms in total. The number of nitrogens with one attached hydrogen (secondary N) is 1. The molecule has 0 aromatic heterocycles. The Labute approximate surface area is 180 Å². The van der Waals surface area contributed by atoms with Crippen molar-refractivity contribution in [1.29, 1.82) is 0 Å². The van der Waals surface area contributed by atoms with E-state index in [1.807, 2.05) is 0 Å². The molecule has 2 aliphatic rings. The maximum absolute atomic E-state index is 12.9. The maximum Gasteiger partial charge on any atom is 0.255 e. The summed E-state index contributed by atoms with van der Waals surface area (Å²) in [4.78, 5) is 26.1. The Morgan fingerprint density at radius 1 is 1.03 bits per heavy atom. The first-order chi connectivity index (χ1) is 14.3. The first-order valence-corrected chi connectivity index (χ1v) is 11.6. The number of nitrogens with zero attached hydrogens (tertiary/aromatic N) is 2. The minimum Gasteiger partial charge on any atom is -0.322 e. The Morgan fingerprint density at radius 2 is 1.77 bits per heavy atom. The number of hydrogen-bond acceptors (Lipinski definition) is 4. The van der Waals surface area contributed by atoms with Gasteiger partial charge >= 0.3 is 0 Å². The van der Waals surface area contributed by atoms with Gasteiger partial charge in [0.1, 0.15) is 4.90 Å². The summed E-state index contributed by atoms with van der Waals surface area (Å²) < 4.78 is 27.2. The van der Waals surface area contributed by atoms with Gasteiger partial charge < -0.3 is 10.2 Å². The molecule has 1 N–H and O–H groups in total. The van der Waals surface area contributed by atoms with Gasteiger partial charge in [0, 0.05) is 43.5 Å². The van der Waals surface area contributed by atoms with Crippen LogP contribution in [-0.4, -0.2) is 44.2 Å². The molecule has 0 saturated carbocycles. The molecule has 2 aromatic carbocycles. The molecule has 0 radical (unpaired) electrons. The number of fused-ring (bicyclic) bond motifs is 1. The van der Waals surface area contributed by atoms with E-state index in [0.717, 1.165) is 24.1 Å². The summed E-state index contributed by atoms with van der Waals surface area (Å²) in [6.45, 7) is 3.07. The second kappa shape index (κ2) is 8.02. The van der Waals surface area contributed by atoms with Crippen molar-refractivity contribution in [3.05, 3.63) is 52.5 Å². The van der Waals surface area contributed by atoms with E-state index in [0.29, 0.717) is 37.3 Å². The van der Waals surface area contributed by atoms with Gasteiger partial charge in [-0.15, -0.1) is 0 Å². The molecule has 2 amide bonds. The maximum atomic E-state index is 12.9. The predicted octanol–water partition coefficient (Wildman–Crippen LogP) is 3.29. The number of sulfonamides is 1. The molecule has 1 saturated heterocycles. The highest BCUT2D eigenvalue weighted by Crippen LogP contribution is 2.31. The summed E-state index contributed by atoms with van der Waals surface area (Å²) >= 11 is 6.17. The topological polar surface area (TPSA) is 86.8 Å². The Morgan fingerprint density at radius 3 is 2.47 bits per heavy atom. The second-order valence-corrected chi connectivity index (χ2v) is 9.79. The number of anilines is 2. The smallest absolute Gasteiger partial charge is 0.255 e. The van der Waals surface area contributed by atoms with Crippen LogP contribution in [0.4, 0.5) is 11.4 Å². The molecule has 9 heteroatoms. The van der Waals surface area contributed by atoms with Gasteiger partial charge in [0.15, 0.2) is 0 Å². The highest BCUT2D eigenvalue weighted by Gasteiger charge is 2.29. The van der Waals surface area contributed by atoms with E-state index in [-0.39, 0.29) is 21.7 Å². The van der Waals surface area contributed by atoms with Crippen molar-refractivity contribution < 1.29 is 18.0 Å². The van der Waals surface area contributed by atoms with Crippen molar-refractivity contribution in [2.75, 3.05) is 29.9 Å². The lowest BCUT2D eigenvalue weighted by Crippen LogP contribution is -2.28. The molecular weight excluding hydrogens is 426 g/mol. The van der Waals surface area contributed by atoms with Crippen molar-refractivity contribution in [1.82, 2.24) is 4.31 Å². The monoisotopic (exact) mass is 447 g/mol. The van der Waals surface area contributed by atoms with Gasteiger partial charge in [-0.05, 0) is 61.2 Å². The number of halogens is 1. The molecule has 0 bridgehead atoms. The number of benzene rings is 2. The number of rotatable bonds is 4. The van der Waals surface area contributed by atoms with Gasteiger partial charge in [-0.2, -0.15) is 4.31 Å². The highest BCUT2D eigenvalue weighted by molar-refractivity contribution is 7.89. The molecule has 0 spiro atoms. The van der Waals surface area contributed by atoms with E-state index in [2.05, 4.69) is 5.32 Å². The molecule has 1 fully saturated rings. The Bertz CT molecular complexity index is 1130. The van der Waals surface area contributed by atoms with Crippen molar-refractivity contribution in [3.63, 3.8) is 0 Å². The van der Waals surface area contributed by atoms with Crippen LogP contribution in [0.15, 0.2) is 41.3 Å². The average molecular weight is 448 g/mol. The van der Waals surface area contributed by atoms with Gasteiger partial charge in [-0.25, -0.2) is 8.42 Å². The first-order valence-electron chi connectivity index (χ1n) is 9.79. The minimum absolute atomic E-state index is 0.00470. The fourth-order valence-corrected chi connectivity index (χ4v) is 5.94. The van der Waals surface area contributed by atoms with Crippen molar-refractivity contribution >= 4 is 44.8 Å². The van der Waals surface area contributed by atoms with E-state index in [1.54, 1.807) is 29.2 Å². The Kier molecular flexibility index (Phi) is 5.57. The zero-order valence-electron chi connectivity index (χ0n) is 16.5. The molecule has 30 heavy (non-hydrogen) atoms. The number of carbonyl (C=O) groups is 2. The lowest BCUT2D eigenvalue weighted by molar-refractivity contribution is -0.116. The van der Waals surface area contributed by atoms with Gasteiger partial charge in [-0.1, -0.05) is 11.6 Å². The van der Waals surface area contributed by atoms with E-state index in [1.165, 1.54) is 23.4 Å². The van der Waals surface area contributed by atoms with E-state index in [4.69, 9.17) is 11.6 Å². The SMILES string of the molecule is CC(=O)N1CCc2cc(C(=O)Nc3ccc(Cl)c(S(=O)(=O)N4CCCC4)c3)ccc21. The molecule has 2 aromatic rings. The third-order valence-electron chi connectivity index (χ3n) is 5.49. The standard InChI is InChI=1S/C21H22ClN3O4S/c1-14(26)25-11-8-15-12-16(4-7-19(15)25)21(27)23-17-5-6-18(22)20(13-17)30(28,29)24-9-2-3-10-24/h4-7,12-13H,2-3,8-11H2,1H3,(H,23,27). The van der Waals surface area contributed by atoms with E-state index in [9.17, 15) is 18.0 Å². The lowest BCUT2D eigenvalue weighted by atomic mass is 10.1. The van der Waals surface area contributed by atoms with E-state index >= 15 is 0 Å². The van der Waals surface area contributed by atoms with Crippen LogP contribution >= 0.6 is 11.6 Å². The van der Waals surface area contributed by atoms with Crippen molar-refractivity contribution in [3.8, 4) is 0 Å². The molecule has 0 unspecified atom stereocenters. The van der Waals surface area contributed by atoms with Crippen LogP contribution in [0.1, 0.15) is 35.7 Å². The summed E-state index contributed by atoms with van der Waals surface area (Å²) in [5, 5.41) is 2.88. The van der Waals surface area contributed by atoms with Crippen LogP contribution in [0.3, 0.4) is 0 Å². The number of amides is 2. The first kappa shape index (κ1) is 20.8. The van der Waals surface area contributed by atoms with Gasteiger partial charge in [0.25, 0.3) is 5.91 Å². The van der Waals surface area contributed by atoms with Crippen LogP contribution in [0, 0.1) is 0 Å². The molecule has 2 heterocycles. The van der Waals surface area contributed by atoms with Crippen molar-refractivity contribution in [2.45, 2.75) is 31.1 Å². The van der Waals surface area contributed by atoms with E-state index < -0.39 is 10.0 Å². The summed E-state index contributed by atoms with van der Waals surface area (Å²) in [5.74, 6) is -0.384. The quantitative estimate of drug-likeness (QED) is 0.779. The predicted molar refractivity (Wildman–Crippen MR) is 116 cm³/mol. The number of carbonyl (C=O) groups excluding carboxylic acids is 2. The molecule has 158 valence electrons. The van der Waals surface area contributed by atoms with Crippen LogP contribution in [0.2, 0.25) is 5.02 Å². The minimum atomic E-state index is -3.70. The normalized spacial score (nSPS) is 16.5. The summed E-state index contributed by atoms with van der Waals surface area (Å²) in [6.07, 6.45) is 2.34. The molecule has 4 rings (SSSR count). The fourth-order valence-electron chi connectivity index (χ4n) is 3.92. The second-order valence-electron chi connectivity index (χ2n) is 7.47. The van der Waals surface area contributed by atoms with Gasteiger partial charge in [-0.3, -0.25) is 9.59 Å². The van der Waals surface area contributed by atoms with Crippen molar-refractivity contribution in [2.24, 2.45) is 0 Å². The zero-order chi connectivity index (χ0) is 21.5. The molecule has 2 aliphatic heterocycles. The summed E-state index contributed by atoms with van der Waals surface area (Å²) in [5.41, 5.74) is 2.56. The Balaban J connectivity index is 1.57. The highest BCUT2D eigenvalue weighted by atomic mass is 35.5. The molecular formula is C21H22ClN3O4S. The lowest BCUT2D eigenvalue weighted by Gasteiger charge is -2.17. The van der Waals surface area contributed by atoms with Crippen LogP contribution in [0.5, 0.6) is 0 Å². The van der Waals surface area contributed by atoms with Crippen LogP contribution in [0.25, 0.3) is 0 Å². The molecule has 0 aliphatic carbocycles. The Hall–Kier alpha value is -2.42. The summed E-state index contributed by atoms with van der Waals surface area (Å²) in [6, 6.07) is 9.66. The van der Waals surface area contributed by atoms with Gasteiger partial charge in [0.2, 0.25) is 15.9 Å². The molecule has 0 atom stereocenters. The average Bonchev–Trinajstić information content (AvgIpc) is 3.39. The third kappa shape index (κ3) is 3.82. The fraction of sp³-hybridized carbons (Fsp3) is 0.333. The summed E-state index contributed by atoms with van der Waals surface area (Å²) in [7, 11) is -3.70. The van der Waals surface area contributed by atoms with Crippen LogP contribution in [-0.2, 0) is 21.2 Å². The zero-order valence-corrected chi connectivity index (χ0v) is 18.1. The number of hydrogen-bond donors (Lipinski definition) is 1. The third-order valence-corrected chi connectivity index (χ3v) is 7.87. The van der Waals surface area contributed by atoms with Gasteiger partial charge in [0.05, 0.1) is 5.02 Å². The van der Waals surface area contributed by atoms with Crippen LogP contribution < -0.4 is 10.2 Å². The largest absolute Gasteiger partial charge is 0.322 e.